The SMILES string of the molecule is CCS(=O)(=O)C[C@@H](C)N(C)C(=O)/C=C\c1cccc(F)c1. The van der Waals surface area contributed by atoms with Crippen molar-refractivity contribution in [3.8, 4) is 0 Å². The number of nitrogens with zero attached hydrogens (tertiary/aromatic N) is 1. The number of amides is 1. The van der Waals surface area contributed by atoms with Crippen LogP contribution in [0.15, 0.2) is 30.3 Å². The Morgan fingerprint density at radius 2 is 2.10 bits per heavy atom. The van der Waals surface area contributed by atoms with Crippen LogP contribution in [0.1, 0.15) is 19.4 Å². The van der Waals surface area contributed by atoms with Crippen molar-refractivity contribution in [1.29, 1.82) is 0 Å². The zero-order chi connectivity index (χ0) is 16.0. The van der Waals surface area contributed by atoms with Gasteiger partial charge in [-0.05, 0) is 30.7 Å². The van der Waals surface area contributed by atoms with Gasteiger partial charge in [-0.2, -0.15) is 0 Å². The maximum atomic E-state index is 13.0. The lowest BCUT2D eigenvalue weighted by molar-refractivity contribution is -0.126. The number of hydrogen-bond acceptors (Lipinski definition) is 3. The molecule has 1 amide bonds. The number of sulfone groups is 1. The van der Waals surface area contributed by atoms with E-state index in [0.717, 1.165) is 0 Å². The maximum absolute atomic E-state index is 13.0. The highest BCUT2D eigenvalue weighted by molar-refractivity contribution is 7.91. The van der Waals surface area contributed by atoms with Crippen molar-refractivity contribution in [1.82, 2.24) is 4.90 Å². The minimum Gasteiger partial charge on any atom is -0.338 e. The van der Waals surface area contributed by atoms with Crippen LogP contribution in [0.25, 0.3) is 6.08 Å². The average molecular weight is 313 g/mol. The topological polar surface area (TPSA) is 54.5 Å². The van der Waals surface area contributed by atoms with Crippen LogP contribution in [0.3, 0.4) is 0 Å². The van der Waals surface area contributed by atoms with Crippen molar-refractivity contribution in [2.45, 2.75) is 19.9 Å². The van der Waals surface area contributed by atoms with E-state index in [1.807, 2.05) is 0 Å². The van der Waals surface area contributed by atoms with Gasteiger partial charge < -0.3 is 4.90 Å². The highest BCUT2D eigenvalue weighted by Crippen LogP contribution is 2.07. The number of carbonyl (C=O) groups is 1. The Labute approximate surface area is 125 Å². The molecule has 0 fully saturated rings. The van der Waals surface area contributed by atoms with Gasteiger partial charge in [0.25, 0.3) is 0 Å². The molecule has 0 saturated carbocycles. The van der Waals surface area contributed by atoms with Crippen molar-refractivity contribution in [2.75, 3.05) is 18.6 Å². The van der Waals surface area contributed by atoms with E-state index < -0.39 is 15.9 Å². The molecule has 1 atom stereocenters. The van der Waals surface area contributed by atoms with Crippen molar-refractivity contribution in [2.24, 2.45) is 0 Å². The summed E-state index contributed by atoms with van der Waals surface area (Å²) in [6, 6.07) is 5.45. The van der Waals surface area contributed by atoms with Gasteiger partial charge in [-0.25, -0.2) is 12.8 Å². The number of benzene rings is 1. The van der Waals surface area contributed by atoms with Crippen LogP contribution in [0.2, 0.25) is 0 Å². The van der Waals surface area contributed by atoms with Gasteiger partial charge in [-0.1, -0.05) is 19.1 Å². The summed E-state index contributed by atoms with van der Waals surface area (Å²) in [6.45, 7) is 3.26. The molecule has 0 saturated heterocycles. The first kappa shape index (κ1) is 17.4. The third kappa shape index (κ3) is 5.67. The predicted octanol–water partition coefficient (Wildman–Crippen LogP) is 2.12. The molecule has 0 aliphatic rings. The van der Waals surface area contributed by atoms with Crippen molar-refractivity contribution in [3.63, 3.8) is 0 Å². The molecule has 0 unspecified atom stereocenters. The van der Waals surface area contributed by atoms with Gasteiger partial charge in [-0.3, -0.25) is 4.79 Å². The number of likely N-dealkylation sites (N-methyl/N-ethyl adjacent to an activating group) is 1. The number of hydrogen-bond donors (Lipinski definition) is 0. The summed E-state index contributed by atoms with van der Waals surface area (Å²) >= 11 is 0. The minimum absolute atomic E-state index is 0.0541. The van der Waals surface area contributed by atoms with E-state index in [4.69, 9.17) is 0 Å². The van der Waals surface area contributed by atoms with Crippen molar-refractivity contribution >= 4 is 21.8 Å². The third-order valence-electron chi connectivity index (χ3n) is 3.21. The van der Waals surface area contributed by atoms with Crippen LogP contribution >= 0.6 is 0 Å². The Bertz CT molecular complexity index is 626. The lowest BCUT2D eigenvalue weighted by Crippen LogP contribution is -2.38. The summed E-state index contributed by atoms with van der Waals surface area (Å²) < 4.78 is 36.1. The Hall–Kier alpha value is -1.69. The van der Waals surface area contributed by atoms with Crippen LogP contribution in [0.5, 0.6) is 0 Å². The molecular formula is C15H20FNO3S. The van der Waals surface area contributed by atoms with Gasteiger partial charge in [0.1, 0.15) is 5.82 Å². The van der Waals surface area contributed by atoms with Gasteiger partial charge in [0.15, 0.2) is 9.84 Å². The lowest BCUT2D eigenvalue weighted by Gasteiger charge is -2.23. The summed E-state index contributed by atoms with van der Waals surface area (Å²) in [5, 5.41) is 0. The fourth-order valence-corrected chi connectivity index (χ4v) is 2.90. The number of halogens is 1. The molecule has 1 aromatic rings. The van der Waals surface area contributed by atoms with Crippen LogP contribution in [0, 0.1) is 5.82 Å². The second kappa shape index (κ2) is 7.36. The van der Waals surface area contributed by atoms with Crippen LogP contribution in [0.4, 0.5) is 4.39 Å². The van der Waals surface area contributed by atoms with Crippen LogP contribution < -0.4 is 0 Å². The van der Waals surface area contributed by atoms with Gasteiger partial charge in [0, 0.05) is 24.9 Å². The summed E-state index contributed by atoms with van der Waals surface area (Å²) in [6.07, 6.45) is 2.81. The number of carbonyl (C=O) groups excluding carboxylic acids is 1. The Morgan fingerprint density at radius 3 is 2.67 bits per heavy atom. The van der Waals surface area contributed by atoms with E-state index in [9.17, 15) is 17.6 Å². The first-order valence-corrected chi connectivity index (χ1v) is 8.48. The first-order valence-electron chi connectivity index (χ1n) is 6.66. The highest BCUT2D eigenvalue weighted by Gasteiger charge is 2.19. The van der Waals surface area contributed by atoms with Gasteiger partial charge >= 0.3 is 0 Å². The summed E-state index contributed by atoms with van der Waals surface area (Å²) in [5.74, 6) is -0.712. The molecule has 1 rings (SSSR count). The predicted molar refractivity (Wildman–Crippen MR) is 82.0 cm³/mol. The largest absolute Gasteiger partial charge is 0.338 e. The summed E-state index contributed by atoms with van der Waals surface area (Å²) in [4.78, 5) is 13.3. The van der Waals surface area contributed by atoms with Gasteiger partial charge in [-0.15, -0.1) is 0 Å². The lowest BCUT2D eigenvalue weighted by atomic mass is 10.2. The van der Waals surface area contributed by atoms with Gasteiger partial charge in [0.05, 0.1) is 5.75 Å². The molecular weight excluding hydrogens is 293 g/mol. The quantitative estimate of drug-likeness (QED) is 0.756. The Balaban J connectivity index is 2.70. The van der Waals surface area contributed by atoms with E-state index in [1.165, 1.54) is 29.2 Å². The van der Waals surface area contributed by atoms with Crippen molar-refractivity contribution < 1.29 is 17.6 Å². The van der Waals surface area contributed by atoms with Crippen LogP contribution in [-0.2, 0) is 14.6 Å². The zero-order valence-corrected chi connectivity index (χ0v) is 13.2. The molecule has 4 nitrogen and oxygen atoms in total. The second-order valence-corrected chi connectivity index (χ2v) is 7.28. The molecule has 6 heteroatoms. The molecule has 0 aliphatic carbocycles. The summed E-state index contributed by atoms with van der Waals surface area (Å²) in [5.41, 5.74) is 0.575. The Kier molecular flexibility index (Phi) is 6.08. The fourth-order valence-electron chi connectivity index (χ4n) is 1.71. The standard InChI is InChI=1S/C15H20FNO3S/c1-4-21(19,20)11-12(2)17(3)15(18)9-8-13-6-5-7-14(16)10-13/h5-10,12H,4,11H2,1-3H3/b9-8-/t12-/m1/s1. The molecule has 0 aromatic heterocycles. The molecule has 0 radical (unpaired) electrons. The normalized spacial score (nSPS) is 13.3. The maximum Gasteiger partial charge on any atom is 0.246 e. The highest BCUT2D eigenvalue weighted by atomic mass is 32.2. The molecule has 1 aromatic carbocycles. The molecule has 0 bridgehead atoms. The van der Waals surface area contributed by atoms with E-state index in [2.05, 4.69) is 0 Å². The van der Waals surface area contributed by atoms with Gasteiger partial charge in [0.2, 0.25) is 5.91 Å². The zero-order valence-electron chi connectivity index (χ0n) is 12.4. The second-order valence-electron chi connectivity index (χ2n) is 4.89. The van der Waals surface area contributed by atoms with Crippen LogP contribution in [-0.4, -0.2) is 43.8 Å². The fraction of sp³-hybridized carbons (Fsp3) is 0.400. The smallest absolute Gasteiger partial charge is 0.246 e. The number of rotatable bonds is 6. The van der Waals surface area contributed by atoms with E-state index in [-0.39, 0.29) is 23.2 Å². The Morgan fingerprint density at radius 1 is 1.43 bits per heavy atom. The summed E-state index contributed by atoms with van der Waals surface area (Å²) in [7, 11) is -1.59. The third-order valence-corrected chi connectivity index (χ3v) is 5.08. The van der Waals surface area contributed by atoms with E-state index >= 15 is 0 Å². The molecule has 21 heavy (non-hydrogen) atoms. The van der Waals surface area contributed by atoms with E-state index in [1.54, 1.807) is 33.0 Å². The minimum atomic E-state index is -3.14. The molecule has 116 valence electrons. The first-order chi connectivity index (χ1) is 9.75. The van der Waals surface area contributed by atoms with E-state index in [0.29, 0.717) is 5.56 Å². The monoisotopic (exact) mass is 313 g/mol. The molecule has 0 N–H and O–H groups in total. The molecule has 0 aliphatic heterocycles. The molecule has 0 spiro atoms. The van der Waals surface area contributed by atoms with Crippen molar-refractivity contribution in [3.05, 3.63) is 41.7 Å². The average Bonchev–Trinajstić information content (AvgIpc) is 2.43. The molecule has 0 heterocycles.